The van der Waals surface area contributed by atoms with E-state index in [1.165, 1.54) is 0 Å². The number of hydrogen-bond donors (Lipinski definition) is 1. The molecule has 2 rings (SSSR count). The van der Waals surface area contributed by atoms with Crippen LogP contribution in [0.2, 0.25) is 0 Å². The standard InChI is InChI=1S/C11H10BrFN4/c1-6-9(13)11(14-2)17-10(16-6)8-4-3-7(12)5-15-8/h3-5H,1-2H3,(H,14,16,17). The van der Waals surface area contributed by atoms with Crippen LogP contribution in [0.1, 0.15) is 5.69 Å². The highest BCUT2D eigenvalue weighted by atomic mass is 79.9. The average molecular weight is 297 g/mol. The molecular formula is C11H10BrFN4. The van der Waals surface area contributed by atoms with E-state index in [-0.39, 0.29) is 5.82 Å². The Labute approximate surface area is 106 Å². The lowest BCUT2D eigenvalue weighted by Gasteiger charge is -2.06. The molecule has 0 saturated heterocycles. The van der Waals surface area contributed by atoms with Gasteiger partial charge in [-0.3, -0.25) is 4.98 Å². The lowest BCUT2D eigenvalue weighted by Crippen LogP contribution is -2.04. The van der Waals surface area contributed by atoms with E-state index in [0.29, 0.717) is 17.2 Å². The summed E-state index contributed by atoms with van der Waals surface area (Å²) in [6, 6.07) is 3.61. The van der Waals surface area contributed by atoms with Crippen LogP contribution >= 0.6 is 15.9 Å². The Morgan fingerprint density at radius 3 is 2.65 bits per heavy atom. The molecule has 17 heavy (non-hydrogen) atoms. The van der Waals surface area contributed by atoms with Crippen LogP contribution in [0, 0.1) is 12.7 Å². The van der Waals surface area contributed by atoms with Gasteiger partial charge in [0.25, 0.3) is 0 Å². The molecule has 0 bridgehead atoms. The molecule has 4 nitrogen and oxygen atoms in total. The Kier molecular flexibility index (Phi) is 3.33. The number of pyridine rings is 1. The maximum atomic E-state index is 13.5. The van der Waals surface area contributed by atoms with Crippen molar-refractivity contribution in [2.24, 2.45) is 0 Å². The highest BCUT2D eigenvalue weighted by Crippen LogP contribution is 2.20. The molecule has 0 aromatic carbocycles. The summed E-state index contributed by atoms with van der Waals surface area (Å²) in [5, 5.41) is 2.69. The summed E-state index contributed by atoms with van der Waals surface area (Å²) in [4.78, 5) is 12.3. The van der Waals surface area contributed by atoms with Crippen LogP contribution in [0.25, 0.3) is 11.5 Å². The van der Waals surface area contributed by atoms with E-state index in [2.05, 4.69) is 36.2 Å². The van der Waals surface area contributed by atoms with Crippen molar-refractivity contribution < 1.29 is 4.39 Å². The van der Waals surface area contributed by atoms with Crippen LogP contribution in [0.3, 0.4) is 0 Å². The van der Waals surface area contributed by atoms with Gasteiger partial charge in [-0.05, 0) is 35.0 Å². The summed E-state index contributed by atoms with van der Waals surface area (Å²) in [5.41, 5.74) is 0.900. The van der Waals surface area contributed by atoms with Gasteiger partial charge in [-0.1, -0.05) is 0 Å². The lowest BCUT2D eigenvalue weighted by atomic mass is 10.3. The molecule has 0 fully saturated rings. The van der Waals surface area contributed by atoms with Gasteiger partial charge in [0.2, 0.25) is 0 Å². The normalized spacial score (nSPS) is 10.4. The zero-order chi connectivity index (χ0) is 12.4. The van der Waals surface area contributed by atoms with E-state index in [0.717, 1.165) is 4.47 Å². The third kappa shape index (κ3) is 2.41. The van der Waals surface area contributed by atoms with Crippen molar-refractivity contribution in [3.8, 4) is 11.5 Å². The molecule has 0 saturated carbocycles. The number of rotatable bonds is 2. The average Bonchev–Trinajstić information content (AvgIpc) is 2.33. The van der Waals surface area contributed by atoms with Crippen LogP contribution < -0.4 is 5.32 Å². The van der Waals surface area contributed by atoms with E-state index >= 15 is 0 Å². The summed E-state index contributed by atoms with van der Waals surface area (Å²) in [5.74, 6) is 0.145. The predicted octanol–water partition coefficient (Wildman–Crippen LogP) is 2.79. The molecule has 0 spiro atoms. The summed E-state index contributed by atoms with van der Waals surface area (Å²) in [7, 11) is 1.61. The molecule has 0 aliphatic rings. The third-order valence-electron chi connectivity index (χ3n) is 2.21. The number of nitrogens with zero attached hydrogens (tertiary/aromatic N) is 3. The summed E-state index contributed by atoms with van der Waals surface area (Å²) < 4.78 is 14.4. The highest BCUT2D eigenvalue weighted by Gasteiger charge is 2.12. The van der Waals surface area contributed by atoms with Gasteiger partial charge in [-0.15, -0.1) is 0 Å². The van der Waals surface area contributed by atoms with Gasteiger partial charge in [0, 0.05) is 17.7 Å². The molecule has 0 atom stereocenters. The molecule has 0 unspecified atom stereocenters. The van der Waals surface area contributed by atoms with Gasteiger partial charge < -0.3 is 5.32 Å². The van der Waals surface area contributed by atoms with Gasteiger partial charge in [0.05, 0.1) is 5.69 Å². The molecule has 0 aliphatic heterocycles. The maximum absolute atomic E-state index is 13.5. The van der Waals surface area contributed by atoms with E-state index in [1.54, 1.807) is 26.2 Å². The van der Waals surface area contributed by atoms with Gasteiger partial charge >= 0.3 is 0 Å². The Balaban J connectivity index is 2.52. The minimum atomic E-state index is -0.437. The van der Waals surface area contributed by atoms with Crippen molar-refractivity contribution in [3.63, 3.8) is 0 Å². The van der Waals surface area contributed by atoms with Crippen LogP contribution in [0.15, 0.2) is 22.8 Å². The van der Waals surface area contributed by atoms with Crippen molar-refractivity contribution in [2.45, 2.75) is 6.92 Å². The lowest BCUT2D eigenvalue weighted by molar-refractivity contribution is 0.607. The molecule has 0 amide bonds. The molecule has 88 valence electrons. The second-order valence-corrected chi connectivity index (χ2v) is 4.32. The number of hydrogen-bond acceptors (Lipinski definition) is 4. The van der Waals surface area contributed by atoms with Gasteiger partial charge in [0.1, 0.15) is 5.69 Å². The van der Waals surface area contributed by atoms with Gasteiger partial charge in [0.15, 0.2) is 17.5 Å². The third-order valence-corrected chi connectivity index (χ3v) is 2.68. The van der Waals surface area contributed by atoms with Crippen molar-refractivity contribution in [2.75, 3.05) is 12.4 Å². The number of anilines is 1. The van der Waals surface area contributed by atoms with E-state index in [9.17, 15) is 4.39 Å². The molecule has 2 aromatic rings. The first-order valence-corrected chi connectivity index (χ1v) is 5.75. The van der Waals surface area contributed by atoms with Crippen molar-refractivity contribution >= 4 is 21.7 Å². The maximum Gasteiger partial charge on any atom is 0.186 e. The van der Waals surface area contributed by atoms with Gasteiger partial charge in [-0.25, -0.2) is 14.4 Å². The Morgan fingerprint density at radius 2 is 2.06 bits per heavy atom. The molecule has 2 aromatic heterocycles. The first-order chi connectivity index (χ1) is 8.11. The Bertz CT molecular complexity index is 542. The molecular weight excluding hydrogens is 287 g/mol. The summed E-state index contributed by atoms with van der Waals surface area (Å²) >= 11 is 3.30. The number of nitrogens with one attached hydrogen (secondary N) is 1. The fourth-order valence-electron chi connectivity index (χ4n) is 1.35. The summed E-state index contributed by atoms with van der Waals surface area (Å²) in [6.07, 6.45) is 1.65. The first kappa shape index (κ1) is 11.9. The second kappa shape index (κ2) is 4.75. The monoisotopic (exact) mass is 296 g/mol. The first-order valence-electron chi connectivity index (χ1n) is 4.95. The van der Waals surface area contributed by atoms with Crippen molar-refractivity contribution in [1.82, 2.24) is 15.0 Å². The van der Waals surface area contributed by atoms with E-state index in [4.69, 9.17) is 0 Å². The van der Waals surface area contributed by atoms with Crippen molar-refractivity contribution in [3.05, 3.63) is 34.3 Å². The molecule has 2 heterocycles. The summed E-state index contributed by atoms with van der Waals surface area (Å²) in [6.45, 7) is 1.60. The molecule has 6 heteroatoms. The minimum Gasteiger partial charge on any atom is -0.371 e. The van der Waals surface area contributed by atoms with Crippen LogP contribution in [0.5, 0.6) is 0 Å². The van der Waals surface area contributed by atoms with Gasteiger partial charge in [-0.2, -0.15) is 0 Å². The number of aromatic nitrogens is 3. The molecule has 1 N–H and O–H groups in total. The van der Waals surface area contributed by atoms with Crippen LogP contribution in [-0.2, 0) is 0 Å². The molecule has 0 aliphatic carbocycles. The van der Waals surface area contributed by atoms with Crippen molar-refractivity contribution in [1.29, 1.82) is 0 Å². The Morgan fingerprint density at radius 1 is 1.29 bits per heavy atom. The van der Waals surface area contributed by atoms with E-state index in [1.807, 2.05) is 6.07 Å². The molecule has 0 radical (unpaired) electrons. The number of halogens is 2. The van der Waals surface area contributed by atoms with E-state index < -0.39 is 5.82 Å². The zero-order valence-corrected chi connectivity index (χ0v) is 10.9. The minimum absolute atomic E-state index is 0.178. The predicted molar refractivity (Wildman–Crippen MR) is 67.2 cm³/mol. The zero-order valence-electron chi connectivity index (χ0n) is 9.33. The fraction of sp³-hybridized carbons (Fsp3) is 0.182. The SMILES string of the molecule is CNc1nc(-c2ccc(Br)cn2)nc(C)c1F. The number of aryl methyl sites for hydroxylation is 1. The quantitative estimate of drug-likeness (QED) is 0.926. The largest absolute Gasteiger partial charge is 0.371 e. The van der Waals surface area contributed by atoms with Crippen LogP contribution in [-0.4, -0.2) is 22.0 Å². The topological polar surface area (TPSA) is 50.7 Å². The fourth-order valence-corrected chi connectivity index (χ4v) is 1.58. The van der Waals surface area contributed by atoms with Crippen LogP contribution in [0.4, 0.5) is 10.2 Å². The second-order valence-electron chi connectivity index (χ2n) is 3.41. The smallest absolute Gasteiger partial charge is 0.186 e. The highest BCUT2D eigenvalue weighted by molar-refractivity contribution is 9.10. The Hall–Kier alpha value is -1.56.